The smallest absolute Gasteiger partial charge is 0.301 e. The van der Waals surface area contributed by atoms with Crippen LogP contribution in [0.1, 0.15) is 55.8 Å². The van der Waals surface area contributed by atoms with Crippen LogP contribution in [0.25, 0.3) is 5.76 Å². The van der Waals surface area contributed by atoms with Crippen molar-refractivity contribution in [2.75, 3.05) is 18.1 Å². The molecule has 0 spiro atoms. The second-order valence-corrected chi connectivity index (χ2v) is 12.8. The lowest BCUT2D eigenvalue weighted by Gasteiger charge is -2.23. The van der Waals surface area contributed by atoms with E-state index in [1.807, 2.05) is 31.2 Å². The third-order valence-electron chi connectivity index (χ3n) is 7.03. The molecule has 1 amide bonds. The van der Waals surface area contributed by atoms with Crippen LogP contribution < -0.4 is 14.4 Å². The summed E-state index contributed by atoms with van der Waals surface area (Å²) in [5.74, 6) is -1.13. The Morgan fingerprint density at radius 2 is 1.76 bits per heavy atom. The molecule has 1 aliphatic rings. The number of anilines is 1. The van der Waals surface area contributed by atoms with Crippen LogP contribution in [0, 0.1) is 5.82 Å². The number of aromatic nitrogens is 2. The first kappa shape index (κ1) is 32.5. The Morgan fingerprint density at radius 1 is 1.00 bits per heavy atom. The number of unbranched alkanes of at least 4 members (excludes halogenated alkanes) is 2. The zero-order valence-corrected chi connectivity index (χ0v) is 27.1. The fourth-order valence-corrected chi connectivity index (χ4v) is 6.76. The Balaban J connectivity index is 1.54. The zero-order chi connectivity index (χ0) is 31.9. The molecule has 1 saturated heterocycles. The predicted molar refractivity (Wildman–Crippen MR) is 175 cm³/mol. The Hall–Kier alpha value is -3.93. The van der Waals surface area contributed by atoms with Gasteiger partial charge in [0.25, 0.3) is 5.78 Å². The third kappa shape index (κ3) is 7.49. The highest BCUT2D eigenvalue weighted by Gasteiger charge is 2.48. The quantitative estimate of drug-likeness (QED) is 0.0380. The second kappa shape index (κ2) is 14.9. The number of rotatable bonds is 13. The number of aliphatic hydroxyl groups excluding tert-OH is 1. The van der Waals surface area contributed by atoms with Crippen molar-refractivity contribution in [2.24, 2.45) is 0 Å². The number of benzene rings is 3. The Bertz CT molecular complexity index is 1700. The number of ketones is 1. The number of thioether (sulfide) groups is 1. The molecular formula is C33H31ClFN3O5S2. The van der Waals surface area contributed by atoms with Crippen molar-refractivity contribution in [1.82, 2.24) is 10.2 Å². The van der Waals surface area contributed by atoms with Gasteiger partial charge in [-0.2, -0.15) is 0 Å². The SMILES string of the molecule is CCCCCOc1ccc(C2C(=C(O)c3ccc(F)cc3)C(=O)C(=O)N2c2nnc(SCc3ccc(Cl)cc3)s2)cc1OCC. The predicted octanol–water partition coefficient (Wildman–Crippen LogP) is 8.22. The van der Waals surface area contributed by atoms with Gasteiger partial charge in [-0.15, -0.1) is 10.2 Å². The van der Waals surface area contributed by atoms with E-state index in [0.717, 1.165) is 36.2 Å². The van der Waals surface area contributed by atoms with E-state index in [2.05, 4.69) is 17.1 Å². The van der Waals surface area contributed by atoms with Crippen LogP contribution in [0.5, 0.6) is 11.5 Å². The van der Waals surface area contributed by atoms with Gasteiger partial charge in [0.2, 0.25) is 5.13 Å². The minimum atomic E-state index is -1.06. The summed E-state index contributed by atoms with van der Waals surface area (Å²) in [7, 11) is 0. The lowest BCUT2D eigenvalue weighted by atomic mass is 9.95. The number of hydrogen-bond acceptors (Lipinski definition) is 9. The average Bonchev–Trinajstić information content (AvgIpc) is 3.61. The average molecular weight is 668 g/mol. The minimum Gasteiger partial charge on any atom is -0.507 e. The van der Waals surface area contributed by atoms with Crippen LogP contribution in [0.3, 0.4) is 0 Å². The fraction of sp³-hybridized carbons (Fsp3) is 0.273. The molecule has 5 rings (SSSR count). The molecule has 2 heterocycles. The van der Waals surface area contributed by atoms with Crippen molar-refractivity contribution < 1.29 is 28.6 Å². The maximum atomic E-state index is 13.7. The van der Waals surface area contributed by atoms with Crippen molar-refractivity contribution in [3.63, 3.8) is 0 Å². The van der Waals surface area contributed by atoms with Crippen LogP contribution in [0.2, 0.25) is 5.02 Å². The molecule has 234 valence electrons. The summed E-state index contributed by atoms with van der Waals surface area (Å²) < 4.78 is 26.2. The Morgan fingerprint density at radius 3 is 2.47 bits per heavy atom. The molecule has 8 nitrogen and oxygen atoms in total. The Labute approximate surface area is 273 Å². The Kier molecular flexibility index (Phi) is 10.7. The van der Waals surface area contributed by atoms with Gasteiger partial charge < -0.3 is 14.6 Å². The molecule has 0 saturated carbocycles. The van der Waals surface area contributed by atoms with Gasteiger partial charge in [0.05, 0.1) is 24.8 Å². The second-order valence-electron chi connectivity index (χ2n) is 10.1. The largest absolute Gasteiger partial charge is 0.507 e. The molecule has 0 aliphatic carbocycles. The normalized spacial score (nSPS) is 15.9. The van der Waals surface area contributed by atoms with Crippen LogP contribution in [0.15, 0.2) is 76.6 Å². The number of carbonyl (C=O) groups excluding carboxylic acids is 2. The number of hydrogen-bond donors (Lipinski definition) is 1. The van der Waals surface area contributed by atoms with E-state index in [1.54, 1.807) is 18.2 Å². The van der Waals surface area contributed by atoms with Gasteiger partial charge in [0.1, 0.15) is 11.6 Å². The zero-order valence-electron chi connectivity index (χ0n) is 24.7. The molecule has 45 heavy (non-hydrogen) atoms. The van der Waals surface area contributed by atoms with Gasteiger partial charge in [0.15, 0.2) is 15.8 Å². The maximum Gasteiger partial charge on any atom is 0.301 e. The number of aliphatic hydroxyl groups is 1. The van der Waals surface area contributed by atoms with E-state index in [4.69, 9.17) is 21.1 Å². The van der Waals surface area contributed by atoms with E-state index in [0.29, 0.717) is 45.4 Å². The van der Waals surface area contributed by atoms with Crippen molar-refractivity contribution in [3.05, 3.63) is 99.8 Å². The summed E-state index contributed by atoms with van der Waals surface area (Å²) in [6.45, 7) is 4.83. The van der Waals surface area contributed by atoms with E-state index in [9.17, 15) is 19.1 Å². The first-order chi connectivity index (χ1) is 21.8. The number of amides is 1. The van der Waals surface area contributed by atoms with Gasteiger partial charge in [-0.05, 0) is 73.0 Å². The molecule has 4 aromatic rings. The van der Waals surface area contributed by atoms with E-state index in [1.165, 1.54) is 40.9 Å². The summed E-state index contributed by atoms with van der Waals surface area (Å²) in [6, 6.07) is 16.6. The molecule has 1 aliphatic heterocycles. The molecule has 1 aromatic heterocycles. The van der Waals surface area contributed by atoms with Crippen molar-refractivity contribution in [1.29, 1.82) is 0 Å². The molecule has 0 bridgehead atoms. The summed E-state index contributed by atoms with van der Waals surface area (Å²) in [5.41, 5.74) is 1.56. The topological polar surface area (TPSA) is 102 Å². The summed E-state index contributed by atoms with van der Waals surface area (Å²) in [4.78, 5) is 28.5. The van der Waals surface area contributed by atoms with Crippen LogP contribution in [-0.4, -0.2) is 40.2 Å². The number of carbonyl (C=O) groups is 2. The number of Topliss-reactive ketones (excluding diaryl/α,β-unsaturated/α-hetero) is 1. The first-order valence-corrected chi connectivity index (χ1v) is 16.7. The number of halogens is 2. The summed E-state index contributed by atoms with van der Waals surface area (Å²) >= 11 is 8.59. The number of ether oxygens (including phenoxy) is 2. The molecular weight excluding hydrogens is 637 g/mol. The lowest BCUT2D eigenvalue weighted by molar-refractivity contribution is -0.132. The van der Waals surface area contributed by atoms with Gasteiger partial charge in [-0.3, -0.25) is 14.5 Å². The molecule has 1 fully saturated rings. The lowest BCUT2D eigenvalue weighted by Crippen LogP contribution is -2.29. The molecule has 1 N–H and O–H groups in total. The van der Waals surface area contributed by atoms with E-state index in [-0.39, 0.29) is 16.3 Å². The van der Waals surface area contributed by atoms with Crippen LogP contribution in [-0.2, 0) is 15.3 Å². The number of nitrogens with zero attached hydrogens (tertiary/aromatic N) is 3. The molecule has 1 atom stereocenters. The van der Waals surface area contributed by atoms with Gasteiger partial charge in [-0.25, -0.2) is 4.39 Å². The van der Waals surface area contributed by atoms with Crippen molar-refractivity contribution in [3.8, 4) is 11.5 Å². The van der Waals surface area contributed by atoms with E-state index < -0.39 is 29.3 Å². The highest BCUT2D eigenvalue weighted by Crippen LogP contribution is 2.45. The molecule has 1 unspecified atom stereocenters. The van der Waals surface area contributed by atoms with Crippen LogP contribution in [0.4, 0.5) is 9.52 Å². The molecule has 12 heteroatoms. The van der Waals surface area contributed by atoms with Gasteiger partial charge >= 0.3 is 5.91 Å². The summed E-state index contributed by atoms with van der Waals surface area (Å²) in [6.07, 6.45) is 2.97. The first-order valence-electron chi connectivity index (χ1n) is 14.5. The van der Waals surface area contributed by atoms with Gasteiger partial charge in [0, 0.05) is 16.3 Å². The van der Waals surface area contributed by atoms with Crippen LogP contribution >= 0.6 is 34.7 Å². The van der Waals surface area contributed by atoms with Gasteiger partial charge in [-0.1, -0.05) is 72.7 Å². The molecule has 3 aromatic carbocycles. The minimum absolute atomic E-state index is 0.156. The molecule has 0 radical (unpaired) electrons. The highest BCUT2D eigenvalue weighted by atomic mass is 35.5. The monoisotopic (exact) mass is 667 g/mol. The maximum absolute atomic E-state index is 13.7. The third-order valence-corrected chi connectivity index (χ3v) is 9.41. The van der Waals surface area contributed by atoms with E-state index >= 15 is 0 Å². The van der Waals surface area contributed by atoms with Crippen molar-refractivity contribution in [2.45, 2.75) is 49.2 Å². The summed E-state index contributed by atoms with van der Waals surface area (Å²) in [5, 5.41) is 20.7. The highest BCUT2D eigenvalue weighted by molar-refractivity contribution is 8.00. The fourth-order valence-electron chi connectivity index (χ4n) is 4.81. The standard InChI is InChI=1S/C33H31ClFN3O5S2/c1-3-5-6-17-43-25-16-11-22(18-26(25)42-4-2)28-27(29(39)21-9-14-24(35)15-10-21)30(40)31(41)38(28)32-36-37-33(45-32)44-19-20-7-12-23(34)13-8-20/h7-16,18,28,39H,3-6,17,19H2,1-2H3. The van der Waals surface area contributed by atoms with Crippen molar-refractivity contribution >= 4 is 57.3 Å².